The van der Waals surface area contributed by atoms with Gasteiger partial charge in [0.1, 0.15) is 11.5 Å². The topological polar surface area (TPSA) is 47.6 Å². The molecule has 0 radical (unpaired) electrons. The molecule has 3 rings (SSSR count). The summed E-state index contributed by atoms with van der Waals surface area (Å²) >= 11 is 0. The average Bonchev–Trinajstić information content (AvgIpc) is 2.64. The molecule has 1 aliphatic rings. The SMILES string of the molecule is COc1cccc(CCC(=O)NCc2ccc3c(c2)CCCO3)c1. The van der Waals surface area contributed by atoms with Crippen LogP contribution in [0, 0.1) is 0 Å². The van der Waals surface area contributed by atoms with Crippen molar-refractivity contribution >= 4 is 5.91 Å². The molecule has 4 heteroatoms. The lowest BCUT2D eigenvalue weighted by atomic mass is 10.0. The number of hydrogen-bond acceptors (Lipinski definition) is 3. The number of carbonyl (C=O) groups is 1. The second-order valence-electron chi connectivity index (χ2n) is 6.02. The van der Waals surface area contributed by atoms with E-state index in [1.165, 1.54) is 5.56 Å². The normalized spacial score (nSPS) is 12.9. The van der Waals surface area contributed by atoms with Gasteiger partial charge in [-0.1, -0.05) is 24.3 Å². The molecule has 0 bridgehead atoms. The Bertz CT molecular complexity index is 712. The predicted octanol–water partition coefficient (Wildman–Crippen LogP) is 3.27. The molecule has 24 heavy (non-hydrogen) atoms. The number of fused-ring (bicyclic) bond motifs is 1. The molecule has 0 atom stereocenters. The van der Waals surface area contributed by atoms with E-state index in [4.69, 9.17) is 9.47 Å². The van der Waals surface area contributed by atoms with Crippen LogP contribution in [0.1, 0.15) is 29.5 Å². The Hall–Kier alpha value is -2.49. The van der Waals surface area contributed by atoms with Crippen LogP contribution >= 0.6 is 0 Å². The van der Waals surface area contributed by atoms with Gasteiger partial charge in [-0.2, -0.15) is 0 Å². The maximum Gasteiger partial charge on any atom is 0.220 e. The van der Waals surface area contributed by atoms with Gasteiger partial charge in [0.15, 0.2) is 0 Å². The van der Waals surface area contributed by atoms with Gasteiger partial charge in [-0.05, 0) is 54.2 Å². The van der Waals surface area contributed by atoms with Gasteiger partial charge < -0.3 is 14.8 Å². The smallest absolute Gasteiger partial charge is 0.220 e. The summed E-state index contributed by atoms with van der Waals surface area (Å²) in [5.74, 6) is 1.87. The molecule has 126 valence electrons. The molecule has 1 heterocycles. The van der Waals surface area contributed by atoms with E-state index in [0.717, 1.165) is 42.1 Å². The molecule has 1 N–H and O–H groups in total. The van der Waals surface area contributed by atoms with Gasteiger partial charge >= 0.3 is 0 Å². The Balaban J connectivity index is 1.48. The van der Waals surface area contributed by atoms with Crippen LogP contribution < -0.4 is 14.8 Å². The Morgan fingerprint density at radius 2 is 2.12 bits per heavy atom. The lowest BCUT2D eigenvalue weighted by Crippen LogP contribution is -2.23. The van der Waals surface area contributed by atoms with Gasteiger partial charge in [-0.15, -0.1) is 0 Å². The Morgan fingerprint density at radius 3 is 3.00 bits per heavy atom. The van der Waals surface area contributed by atoms with E-state index in [9.17, 15) is 4.79 Å². The van der Waals surface area contributed by atoms with E-state index in [1.807, 2.05) is 36.4 Å². The average molecular weight is 325 g/mol. The third-order valence-corrected chi connectivity index (χ3v) is 4.24. The van der Waals surface area contributed by atoms with Crippen molar-refractivity contribution in [2.45, 2.75) is 32.2 Å². The molecular weight excluding hydrogens is 302 g/mol. The van der Waals surface area contributed by atoms with Crippen LogP contribution in [0.25, 0.3) is 0 Å². The quantitative estimate of drug-likeness (QED) is 0.887. The summed E-state index contributed by atoms with van der Waals surface area (Å²) in [6.07, 6.45) is 3.29. The molecular formula is C20H23NO3. The highest BCUT2D eigenvalue weighted by Gasteiger charge is 2.11. The first-order valence-corrected chi connectivity index (χ1v) is 8.39. The first-order valence-electron chi connectivity index (χ1n) is 8.39. The first-order chi connectivity index (χ1) is 11.7. The van der Waals surface area contributed by atoms with E-state index in [2.05, 4.69) is 11.4 Å². The molecule has 0 aliphatic carbocycles. The maximum absolute atomic E-state index is 12.1. The van der Waals surface area contributed by atoms with Gasteiger partial charge in [0.05, 0.1) is 13.7 Å². The van der Waals surface area contributed by atoms with Crippen LogP contribution in [-0.4, -0.2) is 19.6 Å². The molecule has 0 saturated carbocycles. The van der Waals surface area contributed by atoms with E-state index < -0.39 is 0 Å². The van der Waals surface area contributed by atoms with Gasteiger partial charge in [-0.25, -0.2) is 0 Å². The molecule has 2 aromatic rings. The molecule has 0 saturated heterocycles. The number of nitrogens with one attached hydrogen (secondary N) is 1. The van der Waals surface area contributed by atoms with Crippen molar-refractivity contribution in [2.75, 3.05) is 13.7 Å². The number of aryl methyl sites for hydroxylation is 2. The molecule has 0 aromatic heterocycles. The van der Waals surface area contributed by atoms with Crippen molar-refractivity contribution in [2.24, 2.45) is 0 Å². The summed E-state index contributed by atoms with van der Waals surface area (Å²) in [4.78, 5) is 12.1. The molecule has 0 unspecified atom stereocenters. The molecule has 4 nitrogen and oxygen atoms in total. The number of methoxy groups -OCH3 is 1. The molecule has 1 aliphatic heterocycles. The third-order valence-electron chi connectivity index (χ3n) is 4.24. The van der Waals surface area contributed by atoms with Gasteiger partial charge in [0.25, 0.3) is 0 Å². The van der Waals surface area contributed by atoms with Crippen LogP contribution in [-0.2, 0) is 24.2 Å². The number of carbonyl (C=O) groups excluding carboxylic acids is 1. The van der Waals surface area contributed by atoms with Crippen LogP contribution in [0.5, 0.6) is 11.5 Å². The maximum atomic E-state index is 12.1. The summed E-state index contributed by atoms with van der Waals surface area (Å²) in [7, 11) is 1.65. The van der Waals surface area contributed by atoms with Crippen molar-refractivity contribution in [3.8, 4) is 11.5 Å². The minimum Gasteiger partial charge on any atom is -0.497 e. The van der Waals surface area contributed by atoms with Crippen molar-refractivity contribution in [1.82, 2.24) is 5.32 Å². The highest BCUT2D eigenvalue weighted by molar-refractivity contribution is 5.76. The number of rotatable bonds is 6. The number of amides is 1. The summed E-state index contributed by atoms with van der Waals surface area (Å²) in [6, 6.07) is 14.0. The minimum absolute atomic E-state index is 0.0618. The van der Waals surface area contributed by atoms with Crippen LogP contribution in [0.4, 0.5) is 0 Å². The highest BCUT2D eigenvalue weighted by Crippen LogP contribution is 2.25. The summed E-state index contributed by atoms with van der Waals surface area (Å²) in [6.45, 7) is 1.36. The van der Waals surface area contributed by atoms with Crippen molar-refractivity contribution in [3.63, 3.8) is 0 Å². The Morgan fingerprint density at radius 1 is 1.21 bits per heavy atom. The fraction of sp³-hybridized carbons (Fsp3) is 0.350. The zero-order valence-corrected chi connectivity index (χ0v) is 14.0. The standard InChI is InChI=1S/C20H23NO3/c1-23-18-6-2-4-15(13-18)8-10-20(22)21-14-16-7-9-19-17(12-16)5-3-11-24-19/h2,4,6-7,9,12-13H,3,5,8,10-11,14H2,1H3,(H,21,22). The number of benzene rings is 2. The highest BCUT2D eigenvalue weighted by atomic mass is 16.5. The molecule has 0 spiro atoms. The fourth-order valence-corrected chi connectivity index (χ4v) is 2.90. The van der Waals surface area contributed by atoms with Gasteiger partial charge in [-0.3, -0.25) is 4.79 Å². The summed E-state index contributed by atoms with van der Waals surface area (Å²) in [5.41, 5.74) is 3.47. The van der Waals surface area contributed by atoms with E-state index in [-0.39, 0.29) is 5.91 Å². The zero-order valence-electron chi connectivity index (χ0n) is 14.0. The largest absolute Gasteiger partial charge is 0.497 e. The van der Waals surface area contributed by atoms with E-state index in [1.54, 1.807) is 7.11 Å². The number of hydrogen-bond donors (Lipinski definition) is 1. The molecule has 1 amide bonds. The predicted molar refractivity (Wildman–Crippen MR) is 93.4 cm³/mol. The van der Waals surface area contributed by atoms with Crippen molar-refractivity contribution in [1.29, 1.82) is 0 Å². The third kappa shape index (κ3) is 4.28. The van der Waals surface area contributed by atoms with E-state index in [0.29, 0.717) is 19.4 Å². The monoisotopic (exact) mass is 325 g/mol. The Labute approximate surface area is 142 Å². The lowest BCUT2D eigenvalue weighted by Gasteiger charge is -2.18. The lowest BCUT2D eigenvalue weighted by molar-refractivity contribution is -0.121. The Kier molecular flexibility index (Phi) is 5.36. The van der Waals surface area contributed by atoms with Crippen molar-refractivity contribution in [3.05, 3.63) is 59.2 Å². The van der Waals surface area contributed by atoms with Crippen LogP contribution in [0.3, 0.4) is 0 Å². The van der Waals surface area contributed by atoms with Crippen LogP contribution in [0.2, 0.25) is 0 Å². The van der Waals surface area contributed by atoms with Crippen LogP contribution in [0.15, 0.2) is 42.5 Å². The zero-order chi connectivity index (χ0) is 16.8. The van der Waals surface area contributed by atoms with Crippen molar-refractivity contribution < 1.29 is 14.3 Å². The van der Waals surface area contributed by atoms with Gasteiger partial charge in [0.2, 0.25) is 5.91 Å². The summed E-state index contributed by atoms with van der Waals surface area (Å²) < 4.78 is 10.8. The first kappa shape index (κ1) is 16.4. The molecule has 0 fully saturated rings. The number of ether oxygens (including phenoxy) is 2. The second kappa shape index (κ2) is 7.86. The minimum atomic E-state index is 0.0618. The summed E-state index contributed by atoms with van der Waals surface area (Å²) in [5, 5.41) is 2.99. The second-order valence-corrected chi connectivity index (χ2v) is 6.02. The van der Waals surface area contributed by atoms with Gasteiger partial charge in [0, 0.05) is 13.0 Å². The fourth-order valence-electron chi connectivity index (χ4n) is 2.90. The molecule has 2 aromatic carbocycles. The van der Waals surface area contributed by atoms with E-state index >= 15 is 0 Å².